The molecule has 6 heterocycles. The van der Waals surface area contributed by atoms with Gasteiger partial charge in [0.1, 0.15) is 11.2 Å². The number of methoxy groups -OCH3 is 1. The van der Waals surface area contributed by atoms with Crippen molar-refractivity contribution in [1.29, 1.82) is 0 Å². The van der Waals surface area contributed by atoms with E-state index < -0.39 is 13.1 Å². The Hall–Kier alpha value is -3.00. The Balaban J connectivity index is 0.000000157. The molecule has 0 atom stereocenters. The zero-order chi connectivity index (χ0) is 35.4. The van der Waals surface area contributed by atoms with E-state index in [0.29, 0.717) is 50.3 Å². The predicted molar refractivity (Wildman–Crippen MR) is 169 cm³/mol. The SMILES string of the molecule is CCOC(=O)N1CCC2(CC(N3CCC4(CC3)CNC(=O)O4)C2)C1.[2H]C([2H])([2H])OC(=O)N1CCC2(CC(N3CCC4(CC3)CNC(=O)O4)C2)C1. The molecule has 2 aliphatic carbocycles. The van der Waals surface area contributed by atoms with Crippen LogP contribution in [0.25, 0.3) is 0 Å². The van der Waals surface area contributed by atoms with Crippen molar-refractivity contribution in [3.05, 3.63) is 0 Å². The molecule has 14 nitrogen and oxygen atoms in total. The Morgan fingerprint density at radius 2 is 1.19 bits per heavy atom. The van der Waals surface area contributed by atoms with Gasteiger partial charge < -0.3 is 49.2 Å². The molecule has 8 fully saturated rings. The van der Waals surface area contributed by atoms with Crippen molar-refractivity contribution in [1.82, 2.24) is 30.2 Å². The van der Waals surface area contributed by atoms with Gasteiger partial charge in [-0.1, -0.05) is 0 Å². The molecule has 2 saturated carbocycles. The fourth-order valence-electron chi connectivity index (χ4n) is 9.68. The number of piperidine rings is 2. The van der Waals surface area contributed by atoms with Gasteiger partial charge in [0.25, 0.3) is 0 Å². The van der Waals surface area contributed by atoms with E-state index in [4.69, 9.17) is 18.3 Å². The topological polar surface area (TPSA) is 142 Å². The van der Waals surface area contributed by atoms with Gasteiger partial charge in [-0.2, -0.15) is 0 Å². The molecule has 0 bridgehead atoms. The Morgan fingerprint density at radius 3 is 1.57 bits per heavy atom. The van der Waals surface area contributed by atoms with E-state index in [1.807, 2.05) is 11.8 Å². The Kier molecular flexibility index (Phi) is 7.68. The summed E-state index contributed by atoms with van der Waals surface area (Å²) in [4.78, 5) is 54.8. The van der Waals surface area contributed by atoms with Gasteiger partial charge in [0, 0.05) is 90.1 Å². The number of alkyl carbamates (subject to hydrolysis) is 2. The molecule has 4 amide bonds. The fraction of sp³-hybridized carbons (Fsp3) is 0.879. The molecule has 0 aromatic carbocycles. The maximum absolute atomic E-state index is 11.9. The van der Waals surface area contributed by atoms with E-state index in [1.54, 1.807) is 0 Å². The predicted octanol–water partition coefficient (Wildman–Crippen LogP) is 2.75. The van der Waals surface area contributed by atoms with Crippen molar-refractivity contribution in [2.75, 3.05) is 79.1 Å². The second-order valence-corrected chi connectivity index (χ2v) is 15.5. The Bertz CT molecular complexity index is 1320. The first-order valence-corrected chi connectivity index (χ1v) is 17.5. The highest BCUT2D eigenvalue weighted by molar-refractivity contribution is 5.71. The average molecular weight is 664 g/mol. The maximum atomic E-state index is 11.9. The number of likely N-dealkylation sites (tertiary alicyclic amines) is 4. The fourth-order valence-corrected chi connectivity index (χ4v) is 9.68. The minimum absolute atomic E-state index is 0.106. The molecular formula is C33H52N6O8. The standard InChI is InChI=1S/C17H27N3O4.C16H25N3O4/c1-2-23-15(22)20-6-3-16(12-20)9-13(10-16)19-7-4-17(5-8-19)11-18-14(21)24-17;1-22-14(21)19-5-2-15(11-19)8-12(9-15)18-6-3-16(4-7-18)10-17-13(20)23-16/h13H,2-12H2,1H3,(H,18,21);12H,2-11H2,1H3,(H,17,20)/i;1D3. The molecule has 0 aromatic heterocycles. The summed E-state index contributed by atoms with van der Waals surface area (Å²) in [6, 6.07) is 1.12. The maximum Gasteiger partial charge on any atom is 0.409 e. The summed E-state index contributed by atoms with van der Waals surface area (Å²) >= 11 is 0. The highest BCUT2D eigenvalue weighted by atomic mass is 16.6. The van der Waals surface area contributed by atoms with E-state index in [9.17, 15) is 19.2 Å². The van der Waals surface area contributed by atoms with Crippen LogP contribution in [0.5, 0.6) is 0 Å². The van der Waals surface area contributed by atoms with Crippen LogP contribution in [0.2, 0.25) is 0 Å². The number of nitrogens with zero attached hydrogens (tertiary/aromatic N) is 4. The summed E-state index contributed by atoms with van der Waals surface area (Å²) in [6.45, 7) is 10.2. The van der Waals surface area contributed by atoms with Crippen LogP contribution in [0.15, 0.2) is 0 Å². The molecular weight excluding hydrogens is 608 g/mol. The summed E-state index contributed by atoms with van der Waals surface area (Å²) in [6.07, 6.45) is 8.47. The number of nitrogens with one attached hydrogen (secondary N) is 2. The first kappa shape index (κ1) is 29.0. The third kappa shape index (κ3) is 6.43. The van der Waals surface area contributed by atoms with Gasteiger partial charge >= 0.3 is 24.4 Å². The molecule has 4 spiro atoms. The van der Waals surface area contributed by atoms with Crippen molar-refractivity contribution < 1.29 is 42.2 Å². The van der Waals surface area contributed by atoms with Gasteiger partial charge in [-0.3, -0.25) is 0 Å². The van der Waals surface area contributed by atoms with Crippen molar-refractivity contribution in [2.24, 2.45) is 10.8 Å². The van der Waals surface area contributed by atoms with Gasteiger partial charge in [-0.25, -0.2) is 19.2 Å². The van der Waals surface area contributed by atoms with Crippen LogP contribution < -0.4 is 10.6 Å². The average Bonchev–Trinajstić information content (AvgIpc) is 3.83. The van der Waals surface area contributed by atoms with Gasteiger partial charge in [0.05, 0.1) is 30.8 Å². The highest BCUT2D eigenvalue weighted by Gasteiger charge is 2.54. The molecule has 0 aromatic rings. The lowest BCUT2D eigenvalue weighted by molar-refractivity contribution is -0.0509. The molecule has 6 aliphatic heterocycles. The minimum Gasteiger partial charge on any atom is -0.453 e. The number of ether oxygens (including phenoxy) is 4. The number of carbonyl (C=O) groups excluding carboxylic acids is 4. The molecule has 6 saturated heterocycles. The molecule has 0 radical (unpaired) electrons. The summed E-state index contributed by atoms with van der Waals surface area (Å²) in [7, 11) is -2.68. The minimum atomic E-state index is -2.68. The summed E-state index contributed by atoms with van der Waals surface area (Å²) in [5.74, 6) is 0. The van der Waals surface area contributed by atoms with Crippen LogP contribution in [0.4, 0.5) is 19.2 Å². The second kappa shape index (κ2) is 12.5. The third-order valence-corrected chi connectivity index (χ3v) is 12.6. The number of rotatable bonds is 3. The first-order chi connectivity index (χ1) is 23.7. The van der Waals surface area contributed by atoms with Crippen molar-refractivity contribution >= 4 is 24.4 Å². The van der Waals surface area contributed by atoms with Crippen molar-refractivity contribution in [3.8, 4) is 0 Å². The molecule has 2 N–H and O–H groups in total. The lowest BCUT2D eigenvalue weighted by Crippen LogP contribution is -2.57. The zero-order valence-corrected chi connectivity index (χ0v) is 27.6. The smallest absolute Gasteiger partial charge is 0.409 e. The lowest BCUT2D eigenvalue weighted by Gasteiger charge is -2.52. The van der Waals surface area contributed by atoms with Gasteiger partial charge in [-0.05, 0) is 56.3 Å². The highest BCUT2D eigenvalue weighted by Crippen LogP contribution is 2.52. The number of hydrogen-bond acceptors (Lipinski definition) is 10. The van der Waals surface area contributed by atoms with E-state index in [-0.39, 0.29) is 34.9 Å². The molecule has 14 heteroatoms. The Morgan fingerprint density at radius 1 is 0.745 bits per heavy atom. The van der Waals surface area contributed by atoms with Gasteiger partial charge in [0.15, 0.2) is 0 Å². The van der Waals surface area contributed by atoms with Crippen molar-refractivity contribution in [2.45, 2.75) is 94.4 Å². The van der Waals surface area contributed by atoms with Crippen LogP contribution in [0.1, 0.15) is 75.2 Å². The summed E-state index contributed by atoms with van der Waals surface area (Å²) < 4.78 is 41.7. The number of hydrogen-bond donors (Lipinski definition) is 2. The molecule has 0 unspecified atom stereocenters. The van der Waals surface area contributed by atoms with Crippen LogP contribution in [0, 0.1) is 10.8 Å². The van der Waals surface area contributed by atoms with Crippen LogP contribution in [-0.4, -0.2) is 146 Å². The summed E-state index contributed by atoms with van der Waals surface area (Å²) in [5.41, 5.74) is -0.163. The Labute approximate surface area is 281 Å². The van der Waals surface area contributed by atoms with Crippen LogP contribution in [0.3, 0.4) is 0 Å². The largest absolute Gasteiger partial charge is 0.453 e. The van der Waals surface area contributed by atoms with Gasteiger partial charge in [0.2, 0.25) is 0 Å². The third-order valence-electron chi connectivity index (χ3n) is 12.6. The van der Waals surface area contributed by atoms with E-state index in [2.05, 4.69) is 25.2 Å². The molecule has 262 valence electrons. The molecule has 8 aliphatic rings. The second-order valence-electron chi connectivity index (χ2n) is 15.5. The first-order valence-electron chi connectivity index (χ1n) is 19.0. The number of carbonyl (C=O) groups is 4. The summed E-state index contributed by atoms with van der Waals surface area (Å²) in [5, 5.41) is 5.54. The normalized spacial score (nSPS) is 36.7. The zero-order valence-electron chi connectivity index (χ0n) is 30.6. The number of amides is 4. The molecule has 8 rings (SSSR count). The van der Waals surface area contributed by atoms with Crippen LogP contribution in [-0.2, 0) is 18.9 Å². The van der Waals surface area contributed by atoms with Gasteiger partial charge in [-0.15, -0.1) is 0 Å². The van der Waals surface area contributed by atoms with E-state index >= 15 is 0 Å². The van der Waals surface area contributed by atoms with E-state index in [1.165, 1.54) is 17.7 Å². The quantitative estimate of drug-likeness (QED) is 0.433. The van der Waals surface area contributed by atoms with Crippen LogP contribution >= 0.6 is 0 Å². The van der Waals surface area contributed by atoms with E-state index in [0.717, 1.165) is 90.6 Å². The molecule has 47 heavy (non-hydrogen) atoms. The lowest BCUT2D eigenvalue weighted by atomic mass is 9.64. The van der Waals surface area contributed by atoms with Crippen molar-refractivity contribution in [3.63, 3.8) is 0 Å². The monoisotopic (exact) mass is 663 g/mol.